The summed E-state index contributed by atoms with van der Waals surface area (Å²) in [5.74, 6) is -1.12. The molecule has 138 valence electrons. The van der Waals surface area contributed by atoms with Gasteiger partial charge in [0.25, 0.3) is 0 Å². The average Bonchev–Trinajstić information content (AvgIpc) is 2.60. The Kier molecular flexibility index (Phi) is 6.71. The molecule has 1 aliphatic rings. The largest absolute Gasteiger partial charge is 0.481 e. The van der Waals surface area contributed by atoms with Gasteiger partial charge in [-0.2, -0.15) is 0 Å². The number of aliphatic carboxylic acids is 1. The second kappa shape index (κ2) is 8.77. The van der Waals surface area contributed by atoms with E-state index in [0.717, 1.165) is 0 Å². The lowest BCUT2D eigenvalue weighted by Gasteiger charge is -2.26. The molecule has 4 N–H and O–H groups in total. The van der Waals surface area contributed by atoms with E-state index in [1.54, 1.807) is 0 Å². The van der Waals surface area contributed by atoms with Gasteiger partial charge in [-0.3, -0.25) is 9.78 Å². The highest BCUT2D eigenvalue weighted by Crippen LogP contribution is 2.24. The number of nitrogens with zero attached hydrogens (tertiary/aromatic N) is 1. The summed E-state index contributed by atoms with van der Waals surface area (Å²) in [7, 11) is -3.64. The van der Waals surface area contributed by atoms with Crippen LogP contribution >= 0.6 is 0 Å². The predicted octanol–water partition coefficient (Wildman–Crippen LogP) is 0.302. The summed E-state index contributed by atoms with van der Waals surface area (Å²) in [5, 5.41) is 14.3. The van der Waals surface area contributed by atoms with Crippen LogP contribution in [0.5, 0.6) is 0 Å². The van der Waals surface area contributed by atoms with Crippen molar-refractivity contribution in [1.29, 1.82) is 0 Å². The van der Waals surface area contributed by atoms with Gasteiger partial charge in [0.05, 0.1) is 5.92 Å². The summed E-state index contributed by atoms with van der Waals surface area (Å²) in [6.07, 6.45) is 5.07. The van der Waals surface area contributed by atoms with Crippen LogP contribution in [-0.4, -0.2) is 49.6 Å². The van der Waals surface area contributed by atoms with Crippen molar-refractivity contribution in [2.24, 2.45) is 5.92 Å². The molecule has 0 aromatic carbocycles. The molecular formula is C15H22N4O5S. The summed E-state index contributed by atoms with van der Waals surface area (Å²) in [6.45, 7) is 0.187. The van der Waals surface area contributed by atoms with Crippen molar-refractivity contribution < 1.29 is 23.1 Å². The molecule has 0 spiro atoms. The predicted molar refractivity (Wildman–Crippen MR) is 89.3 cm³/mol. The number of hydrogen-bond donors (Lipinski definition) is 4. The van der Waals surface area contributed by atoms with Crippen molar-refractivity contribution in [1.82, 2.24) is 20.3 Å². The van der Waals surface area contributed by atoms with Crippen molar-refractivity contribution in [2.45, 2.75) is 36.6 Å². The molecule has 1 aromatic heterocycles. The van der Waals surface area contributed by atoms with Crippen LogP contribution in [0.15, 0.2) is 29.4 Å². The maximum Gasteiger partial charge on any atom is 0.315 e. The maximum absolute atomic E-state index is 12.0. The van der Waals surface area contributed by atoms with Gasteiger partial charge in [-0.1, -0.05) is 0 Å². The molecule has 2 amide bonds. The van der Waals surface area contributed by atoms with Crippen LogP contribution in [-0.2, 0) is 14.8 Å². The second-order valence-corrected chi connectivity index (χ2v) is 7.64. The van der Waals surface area contributed by atoms with Crippen molar-refractivity contribution >= 4 is 22.0 Å². The van der Waals surface area contributed by atoms with E-state index in [0.29, 0.717) is 25.7 Å². The highest BCUT2D eigenvalue weighted by atomic mass is 32.2. The first-order valence-electron chi connectivity index (χ1n) is 8.05. The fourth-order valence-electron chi connectivity index (χ4n) is 2.67. The molecule has 1 fully saturated rings. The van der Waals surface area contributed by atoms with E-state index in [1.165, 1.54) is 24.5 Å². The number of nitrogens with one attached hydrogen (secondary N) is 3. The number of urea groups is 1. The van der Waals surface area contributed by atoms with Crippen LogP contribution in [0.2, 0.25) is 0 Å². The lowest BCUT2D eigenvalue weighted by Crippen LogP contribution is -2.46. The van der Waals surface area contributed by atoms with Gasteiger partial charge in [0.2, 0.25) is 10.0 Å². The Morgan fingerprint density at radius 1 is 1.20 bits per heavy atom. The minimum Gasteiger partial charge on any atom is -0.481 e. The summed E-state index contributed by atoms with van der Waals surface area (Å²) in [6, 6.07) is 2.52. The van der Waals surface area contributed by atoms with E-state index in [4.69, 9.17) is 5.11 Å². The number of amides is 2. The SMILES string of the molecule is O=C(NCCNS(=O)(=O)c1cccnc1)NC1CCC(C(=O)O)CC1. The third-order valence-corrected chi connectivity index (χ3v) is 5.51. The van der Waals surface area contributed by atoms with Crippen LogP contribution < -0.4 is 15.4 Å². The summed E-state index contributed by atoms with van der Waals surface area (Å²) in [5.41, 5.74) is 0. The number of hydrogen-bond acceptors (Lipinski definition) is 5. The van der Waals surface area contributed by atoms with Crippen molar-refractivity contribution in [2.75, 3.05) is 13.1 Å². The average molecular weight is 370 g/mol. The Bertz CT molecular complexity index is 687. The lowest BCUT2D eigenvalue weighted by atomic mass is 9.86. The molecule has 1 saturated carbocycles. The quantitative estimate of drug-likeness (QED) is 0.510. The number of carboxylic acids is 1. The fraction of sp³-hybridized carbons (Fsp3) is 0.533. The number of pyridine rings is 1. The number of carbonyl (C=O) groups is 2. The monoisotopic (exact) mass is 370 g/mol. The van der Waals surface area contributed by atoms with Crippen LogP contribution in [0, 0.1) is 5.92 Å². The molecular weight excluding hydrogens is 348 g/mol. The van der Waals surface area contributed by atoms with Crippen molar-refractivity contribution in [3.05, 3.63) is 24.5 Å². The number of rotatable bonds is 7. The Balaban J connectivity index is 1.65. The van der Waals surface area contributed by atoms with Crippen LogP contribution in [0.1, 0.15) is 25.7 Å². The molecule has 1 heterocycles. The molecule has 0 radical (unpaired) electrons. The first kappa shape index (κ1) is 19.1. The van der Waals surface area contributed by atoms with Gasteiger partial charge in [0, 0.05) is 31.5 Å². The highest BCUT2D eigenvalue weighted by molar-refractivity contribution is 7.89. The third kappa shape index (κ3) is 5.98. The Hall–Kier alpha value is -2.20. The normalized spacial score (nSPS) is 20.6. The molecule has 0 aliphatic heterocycles. The van der Waals surface area contributed by atoms with Gasteiger partial charge >= 0.3 is 12.0 Å². The highest BCUT2D eigenvalue weighted by Gasteiger charge is 2.26. The zero-order valence-electron chi connectivity index (χ0n) is 13.6. The summed E-state index contributed by atoms with van der Waals surface area (Å²) >= 11 is 0. The first-order chi connectivity index (χ1) is 11.9. The molecule has 1 aliphatic carbocycles. The second-order valence-electron chi connectivity index (χ2n) is 5.87. The van der Waals surface area contributed by atoms with Gasteiger partial charge in [0.1, 0.15) is 4.90 Å². The smallest absolute Gasteiger partial charge is 0.315 e. The maximum atomic E-state index is 12.0. The zero-order chi connectivity index (χ0) is 18.3. The van der Waals surface area contributed by atoms with E-state index >= 15 is 0 Å². The molecule has 0 saturated heterocycles. The topological polar surface area (TPSA) is 137 Å². The zero-order valence-corrected chi connectivity index (χ0v) is 14.5. The minimum atomic E-state index is -3.64. The van der Waals surface area contributed by atoms with Gasteiger partial charge in [0.15, 0.2) is 0 Å². The molecule has 9 nitrogen and oxygen atoms in total. The van der Waals surface area contributed by atoms with E-state index in [2.05, 4.69) is 20.3 Å². The lowest BCUT2D eigenvalue weighted by molar-refractivity contribution is -0.142. The van der Waals surface area contributed by atoms with Gasteiger partial charge in [-0.25, -0.2) is 17.9 Å². The van der Waals surface area contributed by atoms with Crippen LogP contribution in [0.4, 0.5) is 4.79 Å². The van der Waals surface area contributed by atoms with E-state index in [9.17, 15) is 18.0 Å². The Labute approximate surface area is 146 Å². The number of carboxylic acid groups (broad SMARTS) is 1. The summed E-state index contributed by atoms with van der Waals surface area (Å²) < 4.78 is 26.3. The van der Waals surface area contributed by atoms with E-state index in [1.807, 2.05) is 0 Å². The number of sulfonamides is 1. The standard InChI is InChI=1S/C15H22N4O5S/c20-14(21)11-3-5-12(6-4-11)19-15(22)17-8-9-18-25(23,24)13-2-1-7-16-10-13/h1-2,7,10-12,18H,3-6,8-9H2,(H,20,21)(H2,17,19,22). The van der Waals surface area contributed by atoms with Crippen molar-refractivity contribution in [3.63, 3.8) is 0 Å². The first-order valence-corrected chi connectivity index (χ1v) is 9.53. The molecule has 0 bridgehead atoms. The molecule has 2 rings (SSSR count). The Morgan fingerprint density at radius 2 is 1.92 bits per heavy atom. The minimum absolute atomic E-state index is 0.0520. The fourth-order valence-corrected chi connectivity index (χ4v) is 3.67. The molecule has 10 heteroatoms. The molecule has 0 unspecified atom stereocenters. The van der Waals surface area contributed by atoms with Gasteiger partial charge < -0.3 is 15.7 Å². The van der Waals surface area contributed by atoms with E-state index < -0.39 is 16.0 Å². The van der Waals surface area contributed by atoms with Crippen molar-refractivity contribution in [3.8, 4) is 0 Å². The van der Waals surface area contributed by atoms with Gasteiger partial charge in [-0.05, 0) is 37.8 Å². The van der Waals surface area contributed by atoms with Crippen LogP contribution in [0.3, 0.4) is 0 Å². The molecule has 1 aromatic rings. The van der Waals surface area contributed by atoms with Gasteiger partial charge in [-0.15, -0.1) is 0 Å². The Morgan fingerprint density at radius 3 is 2.52 bits per heavy atom. The molecule has 25 heavy (non-hydrogen) atoms. The number of aromatic nitrogens is 1. The number of carbonyl (C=O) groups excluding carboxylic acids is 1. The molecule has 0 atom stereocenters. The summed E-state index contributed by atoms with van der Waals surface area (Å²) in [4.78, 5) is 26.5. The third-order valence-electron chi connectivity index (χ3n) is 4.06. The van der Waals surface area contributed by atoms with Crippen LogP contribution in [0.25, 0.3) is 0 Å². The van der Waals surface area contributed by atoms with E-state index in [-0.39, 0.29) is 36.0 Å².